The van der Waals surface area contributed by atoms with Gasteiger partial charge in [-0.15, -0.1) is 5.10 Å². The van der Waals surface area contributed by atoms with Gasteiger partial charge in [0.25, 0.3) is 0 Å². The van der Waals surface area contributed by atoms with Gasteiger partial charge in [-0.3, -0.25) is 0 Å². The average molecular weight is 324 g/mol. The fourth-order valence-electron chi connectivity index (χ4n) is 1.91. The first kappa shape index (κ1) is 13.9. The van der Waals surface area contributed by atoms with Gasteiger partial charge in [0.05, 0.1) is 6.54 Å². The highest BCUT2D eigenvalue weighted by atomic mass is 79.9. The van der Waals surface area contributed by atoms with Crippen molar-refractivity contribution in [1.82, 2.24) is 14.8 Å². The van der Waals surface area contributed by atoms with E-state index in [-0.39, 0.29) is 0 Å². The van der Waals surface area contributed by atoms with Gasteiger partial charge in [-0.1, -0.05) is 28.1 Å². The van der Waals surface area contributed by atoms with Crippen LogP contribution in [0.4, 0.5) is 11.9 Å². The summed E-state index contributed by atoms with van der Waals surface area (Å²) in [6.45, 7) is 6.52. The van der Waals surface area contributed by atoms with E-state index in [1.165, 1.54) is 0 Å². The van der Waals surface area contributed by atoms with Crippen molar-refractivity contribution in [3.63, 3.8) is 0 Å². The highest BCUT2D eigenvalue weighted by Crippen LogP contribution is 2.15. The summed E-state index contributed by atoms with van der Waals surface area (Å²) in [5.74, 6) is 1.14. The van der Waals surface area contributed by atoms with Gasteiger partial charge in [0.1, 0.15) is 0 Å². The van der Waals surface area contributed by atoms with Crippen LogP contribution in [0.5, 0.6) is 0 Å². The van der Waals surface area contributed by atoms with E-state index in [4.69, 9.17) is 5.73 Å². The predicted molar refractivity (Wildman–Crippen MR) is 81.2 cm³/mol. The van der Waals surface area contributed by atoms with E-state index in [9.17, 15) is 0 Å². The molecule has 0 fully saturated rings. The molecule has 0 saturated heterocycles. The summed E-state index contributed by atoms with van der Waals surface area (Å²) >= 11 is 3.46. The van der Waals surface area contributed by atoms with Gasteiger partial charge < -0.3 is 10.6 Å². The molecule has 0 radical (unpaired) electrons. The number of rotatable bonds is 5. The summed E-state index contributed by atoms with van der Waals surface area (Å²) < 4.78 is 2.78. The minimum atomic E-state index is 0.446. The number of nitrogens with zero attached hydrogens (tertiary/aromatic N) is 4. The average Bonchev–Trinajstić information content (AvgIpc) is 2.72. The van der Waals surface area contributed by atoms with Crippen LogP contribution in [0, 0.1) is 0 Å². The first-order valence-electron chi connectivity index (χ1n) is 6.33. The predicted octanol–water partition coefficient (Wildman–Crippen LogP) is 2.52. The van der Waals surface area contributed by atoms with Crippen molar-refractivity contribution >= 4 is 27.8 Å². The number of anilines is 2. The lowest BCUT2D eigenvalue weighted by atomic mass is 10.2. The molecular formula is C13H18BrN5. The Bertz CT molecular complexity index is 548. The summed E-state index contributed by atoms with van der Waals surface area (Å²) in [4.78, 5) is 6.39. The fourth-order valence-corrected chi connectivity index (χ4v) is 2.35. The molecule has 1 aromatic carbocycles. The Morgan fingerprint density at radius 3 is 2.68 bits per heavy atom. The molecular weight excluding hydrogens is 306 g/mol. The first-order valence-corrected chi connectivity index (χ1v) is 7.13. The molecule has 0 atom stereocenters. The van der Waals surface area contributed by atoms with Crippen molar-refractivity contribution in [3.05, 3.63) is 34.3 Å². The van der Waals surface area contributed by atoms with E-state index in [1.807, 2.05) is 18.2 Å². The van der Waals surface area contributed by atoms with Crippen LogP contribution >= 0.6 is 15.9 Å². The van der Waals surface area contributed by atoms with Gasteiger partial charge in [-0.25, -0.2) is 4.68 Å². The third-order valence-corrected chi connectivity index (χ3v) is 3.45. The maximum atomic E-state index is 5.93. The number of benzene rings is 1. The Balaban J connectivity index is 2.21. The molecule has 2 N–H and O–H groups in total. The van der Waals surface area contributed by atoms with Crippen molar-refractivity contribution in [1.29, 1.82) is 0 Å². The lowest BCUT2D eigenvalue weighted by molar-refractivity contribution is 0.686. The van der Waals surface area contributed by atoms with Crippen LogP contribution in [0.15, 0.2) is 28.7 Å². The monoisotopic (exact) mass is 323 g/mol. The summed E-state index contributed by atoms with van der Waals surface area (Å²) in [6.07, 6.45) is 0. The third-order valence-electron chi connectivity index (χ3n) is 2.96. The molecule has 0 aliphatic rings. The van der Waals surface area contributed by atoms with Gasteiger partial charge in [0.15, 0.2) is 0 Å². The van der Waals surface area contributed by atoms with E-state index in [1.54, 1.807) is 4.68 Å². The lowest BCUT2D eigenvalue weighted by Gasteiger charge is -2.15. The van der Waals surface area contributed by atoms with Crippen LogP contribution in [0.1, 0.15) is 19.4 Å². The molecule has 0 saturated carbocycles. The first-order chi connectivity index (χ1) is 9.13. The highest BCUT2D eigenvalue weighted by Gasteiger charge is 2.11. The van der Waals surface area contributed by atoms with Crippen molar-refractivity contribution in [2.45, 2.75) is 20.4 Å². The number of halogens is 1. The number of hydrogen-bond donors (Lipinski definition) is 1. The lowest BCUT2D eigenvalue weighted by Crippen LogP contribution is -2.23. The fraction of sp³-hybridized carbons (Fsp3) is 0.385. The molecule has 5 nitrogen and oxygen atoms in total. The third kappa shape index (κ3) is 3.26. The molecule has 1 heterocycles. The summed E-state index contributed by atoms with van der Waals surface area (Å²) in [5, 5.41) is 4.47. The number of nitrogens with two attached hydrogens (primary N) is 1. The quantitative estimate of drug-likeness (QED) is 0.918. The van der Waals surface area contributed by atoms with Crippen molar-refractivity contribution in [2.24, 2.45) is 0 Å². The SMILES string of the molecule is CCN(CC)c1nc(N)n(Cc2cccc(Br)c2)n1. The second kappa shape index (κ2) is 6.06. The van der Waals surface area contributed by atoms with Gasteiger partial charge in [-0.2, -0.15) is 4.98 Å². The molecule has 19 heavy (non-hydrogen) atoms. The molecule has 0 unspecified atom stereocenters. The maximum absolute atomic E-state index is 5.93. The summed E-state index contributed by atoms with van der Waals surface area (Å²) in [7, 11) is 0. The Labute approximate surface area is 121 Å². The molecule has 1 aromatic heterocycles. The largest absolute Gasteiger partial charge is 0.368 e. The Morgan fingerprint density at radius 1 is 1.32 bits per heavy atom. The summed E-state index contributed by atoms with van der Waals surface area (Å²) in [5.41, 5.74) is 7.06. The smallest absolute Gasteiger partial charge is 0.246 e. The molecule has 0 aliphatic heterocycles. The minimum absolute atomic E-state index is 0.446. The van der Waals surface area contributed by atoms with Gasteiger partial charge in [-0.05, 0) is 31.5 Å². The Hall–Kier alpha value is -1.56. The zero-order chi connectivity index (χ0) is 13.8. The highest BCUT2D eigenvalue weighted by molar-refractivity contribution is 9.10. The number of nitrogen functional groups attached to an aromatic ring is 1. The summed E-state index contributed by atoms with van der Waals surface area (Å²) in [6, 6.07) is 8.09. The topological polar surface area (TPSA) is 60.0 Å². The van der Waals surface area contributed by atoms with E-state index >= 15 is 0 Å². The van der Waals surface area contributed by atoms with Crippen molar-refractivity contribution in [3.8, 4) is 0 Å². The van der Waals surface area contributed by atoms with Gasteiger partial charge in [0.2, 0.25) is 11.9 Å². The standard InChI is InChI=1S/C13H18BrN5/c1-3-18(4-2)13-16-12(15)19(17-13)9-10-6-5-7-11(14)8-10/h5-8H,3-4,9H2,1-2H3,(H2,15,16,17). The molecule has 0 spiro atoms. The van der Waals surface area contributed by atoms with Crippen LogP contribution < -0.4 is 10.6 Å². The van der Waals surface area contributed by atoms with E-state index in [0.29, 0.717) is 18.4 Å². The zero-order valence-corrected chi connectivity index (χ0v) is 12.8. The Kier molecular flexibility index (Phi) is 4.42. The minimum Gasteiger partial charge on any atom is -0.368 e. The normalized spacial score (nSPS) is 10.7. The molecule has 0 aliphatic carbocycles. The second-order valence-corrected chi connectivity index (χ2v) is 5.15. The van der Waals surface area contributed by atoms with E-state index in [0.717, 1.165) is 23.1 Å². The van der Waals surface area contributed by atoms with Crippen LogP contribution in [0.2, 0.25) is 0 Å². The molecule has 6 heteroatoms. The van der Waals surface area contributed by atoms with Crippen molar-refractivity contribution < 1.29 is 0 Å². The zero-order valence-electron chi connectivity index (χ0n) is 11.2. The molecule has 102 valence electrons. The van der Waals surface area contributed by atoms with Crippen LogP contribution in [-0.2, 0) is 6.54 Å². The molecule has 2 aromatic rings. The van der Waals surface area contributed by atoms with E-state index in [2.05, 4.69) is 50.8 Å². The van der Waals surface area contributed by atoms with Crippen LogP contribution in [0.25, 0.3) is 0 Å². The Morgan fingerprint density at radius 2 is 2.05 bits per heavy atom. The maximum Gasteiger partial charge on any atom is 0.246 e. The van der Waals surface area contributed by atoms with Crippen molar-refractivity contribution in [2.75, 3.05) is 23.7 Å². The van der Waals surface area contributed by atoms with Crippen LogP contribution in [0.3, 0.4) is 0 Å². The van der Waals surface area contributed by atoms with Gasteiger partial charge in [0, 0.05) is 17.6 Å². The second-order valence-electron chi connectivity index (χ2n) is 4.23. The number of hydrogen-bond acceptors (Lipinski definition) is 4. The molecule has 0 bridgehead atoms. The molecule has 2 rings (SSSR count). The van der Waals surface area contributed by atoms with Crippen LogP contribution in [-0.4, -0.2) is 27.9 Å². The van der Waals surface area contributed by atoms with Gasteiger partial charge >= 0.3 is 0 Å². The van der Waals surface area contributed by atoms with E-state index < -0.39 is 0 Å². The number of aromatic nitrogens is 3. The molecule has 0 amide bonds.